The molecule has 130 valence electrons. The highest BCUT2D eigenvalue weighted by Crippen LogP contribution is 2.25. The zero-order valence-electron chi connectivity index (χ0n) is 14.7. The monoisotopic (exact) mass is 341 g/mol. The van der Waals surface area contributed by atoms with E-state index in [0.717, 1.165) is 5.56 Å². The predicted octanol–water partition coefficient (Wildman–Crippen LogP) is 3.87. The Labute approximate surface area is 145 Å². The van der Waals surface area contributed by atoms with Crippen molar-refractivity contribution in [3.63, 3.8) is 0 Å². The van der Waals surface area contributed by atoms with Crippen molar-refractivity contribution in [2.45, 2.75) is 13.0 Å². The summed E-state index contributed by atoms with van der Waals surface area (Å²) in [5.74, 6) is -0.425. The van der Waals surface area contributed by atoms with Crippen molar-refractivity contribution in [1.29, 1.82) is 0 Å². The van der Waals surface area contributed by atoms with Gasteiger partial charge in [0, 0.05) is 26.7 Å². The summed E-state index contributed by atoms with van der Waals surface area (Å²) in [4.78, 5) is 20.6. The second-order valence-electron chi connectivity index (χ2n) is 6.22. The Bertz CT molecular complexity index is 903. The third-order valence-electron chi connectivity index (χ3n) is 4.26. The van der Waals surface area contributed by atoms with Crippen LogP contribution in [0.15, 0.2) is 46.9 Å². The first-order valence-corrected chi connectivity index (χ1v) is 7.97. The van der Waals surface area contributed by atoms with E-state index < -0.39 is 0 Å². The molecular formula is C19H20FN3O2. The molecule has 0 fully saturated rings. The summed E-state index contributed by atoms with van der Waals surface area (Å²) in [5, 5.41) is 0. The summed E-state index contributed by atoms with van der Waals surface area (Å²) in [7, 11) is 5.42. The van der Waals surface area contributed by atoms with Crippen LogP contribution in [-0.4, -0.2) is 36.9 Å². The Kier molecular flexibility index (Phi) is 4.44. The van der Waals surface area contributed by atoms with E-state index in [9.17, 15) is 9.18 Å². The summed E-state index contributed by atoms with van der Waals surface area (Å²) in [5.41, 5.74) is 2.67. The van der Waals surface area contributed by atoms with Crippen LogP contribution in [0.1, 0.15) is 28.9 Å². The van der Waals surface area contributed by atoms with Gasteiger partial charge >= 0.3 is 0 Å². The van der Waals surface area contributed by atoms with Crippen molar-refractivity contribution in [2.24, 2.45) is 0 Å². The van der Waals surface area contributed by atoms with Crippen LogP contribution in [0.5, 0.6) is 0 Å². The van der Waals surface area contributed by atoms with Crippen molar-refractivity contribution in [3.05, 3.63) is 59.4 Å². The number of aromatic nitrogens is 1. The maximum Gasteiger partial charge on any atom is 0.297 e. The molecule has 0 N–H and O–H groups in total. The summed E-state index contributed by atoms with van der Waals surface area (Å²) in [6.45, 7) is 1.91. The molecule has 0 saturated heterocycles. The fourth-order valence-corrected chi connectivity index (χ4v) is 2.58. The molecule has 1 aromatic heterocycles. The van der Waals surface area contributed by atoms with Crippen molar-refractivity contribution < 1.29 is 13.6 Å². The first kappa shape index (κ1) is 17.0. The number of nitrogens with zero attached hydrogens (tertiary/aromatic N) is 3. The van der Waals surface area contributed by atoms with Crippen LogP contribution in [0.2, 0.25) is 0 Å². The lowest BCUT2D eigenvalue weighted by molar-refractivity contribution is 0.0743. The highest BCUT2D eigenvalue weighted by molar-refractivity contribution is 5.97. The van der Waals surface area contributed by atoms with Gasteiger partial charge in [0.1, 0.15) is 11.3 Å². The lowest BCUT2D eigenvalue weighted by Gasteiger charge is -2.25. The van der Waals surface area contributed by atoms with Gasteiger partial charge in [-0.25, -0.2) is 4.39 Å². The lowest BCUT2D eigenvalue weighted by Crippen LogP contribution is -2.29. The molecule has 2 aromatic carbocycles. The number of oxazole rings is 1. The second-order valence-corrected chi connectivity index (χ2v) is 6.22. The molecule has 5 nitrogen and oxygen atoms in total. The maximum absolute atomic E-state index is 13.1. The Hall–Kier alpha value is -2.89. The van der Waals surface area contributed by atoms with Gasteiger partial charge in [-0.2, -0.15) is 4.98 Å². The molecule has 1 atom stereocenters. The largest absolute Gasteiger partial charge is 0.423 e. The number of amides is 1. The Morgan fingerprint density at radius 2 is 1.80 bits per heavy atom. The minimum absolute atomic E-state index is 0.131. The zero-order valence-corrected chi connectivity index (χ0v) is 14.7. The number of carbonyl (C=O) groups is 1. The first-order valence-electron chi connectivity index (χ1n) is 7.97. The van der Waals surface area contributed by atoms with Crippen molar-refractivity contribution in [3.8, 4) is 0 Å². The van der Waals surface area contributed by atoms with Gasteiger partial charge in [-0.05, 0) is 42.8 Å². The number of fused-ring (bicyclic) bond motifs is 1. The highest BCUT2D eigenvalue weighted by Gasteiger charge is 2.20. The van der Waals surface area contributed by atoms with E-state index in [4.69, 9.17) is 4.42 Å². The van der Waals surface area contributed by atoms with E-state index >= 15 is 0 Å². The molecule has 1 heterocycles. The molecule has 0 radical (unpaired) electrons. The van der Waals surface area contributed by atoms with Crippen LogP contribution in [0.3, 0.4) is 0 Å². The second kappa shape index (κ2) is 6.55. The van der Waals surface area contributed by atoms with E-state index in [0.29, 0.717) is 22.7 Å². The van der Waals surface area contributed by atoms with Gasteiger partial charge in [0.2, 0.25) is 0 Å². The van der Waals surface area contributed by atoms with Gasteiger partial charge in [0.15, 0.2) is 5.58 Å². The van der Waals surface area contributed by atoms with E-state index in [1.165, 1.54) is 12.1 Å². The smallest absolute Gasteiger partial charge is 0.297 e. The summed E-state index contributed by atoms with van der Waals surface area (Å²) >= 11 is 0. The fourth-order valence-electron chi connectivity index (χ4n) is 2.58. The molecule has 0 aliphatic rings. The van der Waals surface area contributed by atoms with E-state index in [2.05, 4.69) is 4.98 Å². The molecule has 0 saturated carbocycles. The minimum Gasteiger partial charge on any atom is -0.423 e. The fraction of sp³-hybridized carbons (Fsp3) is 0.263. The molecule has 3 aromatic rings. The molecular weight excluding hydrogens is 321 g/mol. The SMILES string of the molecule is CC(c1ccc(F)cc1)N(C)C(=O)c1ccc2oc(N(C)C)nc2c1. The molecule has 6 heteroatoms. The summed E-state index contributed by atoms with van der Waals surface area (Å²) < 4.78 is 18.7. The predicted molar refractivity (Wildman–Crippen MR) is 95.2 cm³/mol. The molecule has 25 heavy (non-hydrogen) atoms. The zero-order chi connectivity index (χ0) is 18.1. The number of hydrogen-bond acceptors (Lipinski definition) is 4. The van der Waals surface area contributed by atoms with Crippen molar-refractivity contribution in [1.82, 2.24) is 9.88 Å². The number of hydrogen-bond donors (Lipinski definition) is 0. The van der Waals surface area contributed by atoms with E-state index in [-0.39, 0.29) is 17.8 Å². The normalized spacial score (nSPS) is 12.2. The quantitative estimate of drug-likeness (QED) is 0.723. The third-order valence-corrected chi connectivity index (χ3v) is 4.26. The molecule has 1 amide bonds. The van der Waals surface area contributed by atoms with Gasteiger partial charge in [0.25, 0.3) is 11.9 Å². The number of halogens is 1. The highest BCUT2D eigenvalue weighted by atomic mass is 19.1. The van der Waals surface area contributed by atoms with Gasteiger partial charge in [0.05, 0.1) is 6.04 Å². The number of rotatable bonds is 4. The first-order chi connectivity index (χ1) is 11.9. The summed E-state index contributed by atoms with van der Waals surface area (Å²) in [6, 6.07) is 11.7. The average molecular weight is 341 g/mol. The van der Waals surface area contributed by atoms with Crippen LogP contribution >= 0.6 is 0 Å². The average Bonchev–Trinajstić information content (AvgIpc) is 3.04. The molecule has 0 spiro atoms. The molecule has 0 aliphatic carbocycles. The lowest BCUT2D eigenvalue weighted by atomic mass is 10.1. The molecule has 0 bridgehead atoms. The molecule has 1 unspecified atom stereocenters. The third kappa shape index (κ3) is 3.33. The topological polar surface area (TPSA) is 49.6 Å². The van der Waals surface area contributed by atoms with Crippen LogP contribution in [0.25, 0.3) is 11.1 Å². The van der Waals surface area contributed by atoms with Crippen LogP contribution in [0.4, 0.5) is 10.4 Å². The minimum atomic E-state index is -0.293. The van der Waals surface area contributed by atoms with Crippen LogP contribution in [0, 0.1) is 5.82 Å². The van der Waals surface area contributed by atoms with Gasteiger partial charge in [-0.15, -0.1) is 0 Å². The van der Waals surface area contributed by atoms with Crippen molar-refractivity contribution >= 4 is 23.0 Å². The van der Waals surface area contributed by atoms with E-state index in [1.54, 1.807) is 47.2 Å². The Balaban J connectivity index is 1.86. The Morgan fingerprint density at radius 1 is 1.12 bits per heavy atom. The maximum atomic E-state index is 13.1. The Morgan fingerprint density at radius 3 is 2.44 bits per heavy atom. The van der Waals surface area contributed by atoms with Gasteiger partial charge < -0.3 is 14.2 Å². The number of anilines is 1. The number of benzene rings is 2. The van der Waals surface area contributed by atoms with Crippen molar-refractivity contribution in [2.75, 3.05) is 26.0 Å². The van der Waals surface area contributed by atoms with Crippen LogP contribution in [-0.2, 0) is 0 Å². The molecule has 3 rings (SSSR count). The molecule has 0 aliphatic heterocycles. The summed E-state index contributed by atoms with van der Waals surface area (Å²) in [6.07, 6.45) is 0. The number of carbonyl (C=O) groups excluding carboxylic acids is 1. The van der Waals surface area contributed by atoms with E-state index in [1.807, 2.05) is 21.0 Å². The van der Waals surface area contributed by atoms with Crippen LogP contribution < -0.4 is 4.90 Å². The van der Waals surface area contributed by atoms with Gasteiger partial charge in [-0.1, -0.05) is 12.1 Å². The van der Waals surface area contributed by atoms with Gasteiger partial charge in [-0.3, -0.25) is 4.79 Å². The standard InChI is InChI=1S/C19H20FN3O2/c1-12(13-5-8-15(20)9-6-13)23(4)18(24)14-7-10-17-16(11-14)21-19(25-17)22(2)3/h5-12H,1-4H3.